The van der Waals surface area contributed by atoms with Crippen LogP contribution in [0.15, 0.2) is 24.3 Å². The van der Waals surface area contributed by atoms with Gasteiger partial charge in [0, 0.05) is 23.6 Å². The van der Waals surface area contributed by atoms with Crippen molar-refractivity contribution in [2.75, 3.05) is 25.7 Å². The molecule has 0 amide bonds. The van der Waals surface area contributed by atoms with E-state index < -0.39 is 49.2 Å². The van der Waals surface area contributed by atoms with Crippen LogP contribution >= 0.6 is 0 Å². The van der Waals surface area contributed by atoms with Gasteiger partial charge in [0.2, 0.25) is 5.75 Å². The Labute approximate surface area is 210 Å². The molecular formula is C20H24O13S3. The molecule has 0 aliphatic carbocycles. The average molecular weight is 569 g/mol. The molecule has 0 fully saturated rings. The molecular weight excluding hydrogens is 544 g/mol. The molecule has 16 heteroatoms. The number of ether oxygens (including phenoxy) is 3. The fourth-order valence-electron chi connectivity index (χ4n) is 3.59. The summed E-state index contributed by atoms with van der Waals surface area (Å²) in [4.78, 5) is 0. The van der Waals surface area contributed by atoms with Gasteiger partial charge in [0.1, 0.15) is 11.9 Å². The fraction of sp³-hybridized carbons (Fsp3) is 0.400. The van der Waals surface area contributed by atoms with Gasteiger partial charge in [-0.3, -0.25) is 9.11 Å². The maximum absolute atomic E-state index is 12.0. The van der Waals surface area contributed by atoms with Crippen molar-refractivity contribution >= 4 is 31.6 Å². The number of hydrogen-bond acceptors (Lipinski definition) is 11. The van der Waals surface area contributed by atoms with Gasteiger partial charge in [-0.05, 0) is 18.9 Å². The first-order valence-electron chi connectivity index (χ1n) is 10.3. The van der Waals surface area contributed by atoms with Crippen molar-refractivity contribution in [1.29, 1.82) is 0 Å². The molecule has 3 N–H and O–H groups in total. The van der Waals surface area contributed by atoms with Crippen molar-refractivity contribution in [3.05, 3.63) is 35.4 Å². The Balaban J connectivity index is 1.98. The van der Waals surface area contributed by atoms with E-state index in [-0.39, 0.29) is 59.3 Å². The van der Waals surface area contributed by atoms with E-state index in [2.05, 4.69) is 0 Å². The summed E-state index contributed by atoms with van der Waals surface area (Å²) in [5.41, 5.74) is 0.559. The van der Waals surface area contributed by atoms with Crippen LogP contribution in [0.1, 0.15) is 17.5 Å². The number of para-hydroxylation sites is 1. The number of phenols is 1. The second-order valence-electron chi connectivity index (χ2n) is 7.63. The van der Waals surface area contributed by atoms with E-state index in [0.29, 0.717) is 5.56 Å². The number of rotatable bonds is 12. The molecule has 3 rings (SSSR count). The highest BCUT2D eigenvalue weighted by atomic mass is 32.2. The quantitative estimate of drug-likeness (QED) is 0.312. The maximum atomic E-state index is 12.0. The van der Waals surface area contributed by atoms with Crippen LogP contribution in [0.25, 0.3) is 0 Å². The van der Waals surface area contributed by atoms with Gasteiger partial charge in [0.25, 0.3) is 20.2 Å². The number of phenolic OH excluding ortho intramolecular Hbond substituents is 1. The third kappa shape index (κ3) is 7.13. The zero-order chi connectivity index (χ0) is 26.7. The first-order valence-corrected chi connectivity index (χ1v) is 14.5. The molecule has 2 unspecified atom stereocenters. The molecule has 0 saturated heterocycles. The van der Waals surface area contributed by atoms with E-state index in [1.165, 1.54) is 32.4 Å². The molecule has 1 aliphatic rings. The Morgan fingerprint density at radius 1 is 1.03 bits per heavy atom. The van der Waals surface area contributed by atoms with Gasteiger partial charge in [0.05, 0.1) is 20.0 Å². The summed E-state index contributed by atoms with van der Waals surface area (Å²) in [6.07, 6.45) is -1.42. The van der Waals surface area contributed by atoms with Gasteiger partial charge in [-0.25, -0.2) is 0 Å². The van der Waals surface area contributed by atoms with Crippen LogP contribution in [-0.2, 0) is 44.4 Å². The minimum absolute atomic E-state index is 0.00412. The smallest absolute Gasteiger partial charge is 0.417 e. The van der Waals surface area contributed by atoms with Gasteiger partial charge in [-0.15, -0.1) is 0 Å². The zero-order valence-electron chi connectivity index (χ0n) is 19.1. The summed E-state index contributed by atoms with van der Waals surface area (Å²) in [5.74, 6) is -1.77. The average Bonchev–Trinajstić information content (AvgIpc) is 2.74. The number of fused-ring (bicyclic) bond motifs is 2. The van der Waals surface area contributed by atoms with E-state index in [4.69, 9.17) is 27.1 Å². The van der Waals surface area contributed by atoms with E-state index in [1.807, 2.05) is 0 Å². The predicted octanol–water partition coefficient (Wildman–Crippen LogP) is 1.46. The van der Waals surface area contributed by atoms with Gasteiger partial charge in [-0.2, -0.15) is 21.0 Å². The lowest BCUT2D eigenvalue weighted by Crippen LogP contribution is -2.29. The summed E-state index contributed by atoms with van der Waals surface area (Å²) in [5, 5.41) is 10.4. The summed E-state index contributed by atoms with van der Waals surface area (Å²) >= 11 is -2.24. The lowest BCUT2D eigenvalue weighted by molar-refractivity contribution is 0.207. The van der Waals surface area contributed by atoms with Crippen LogP contribution in [0.4, 0.5) is 0 Å². The Kier molecular flexibility index (Phi) is 8.55. The third-order valence-electron chi connectivity index (χ3n) is 5.05. The molecule has 0 aromatic heterocycles. The molecule has 13 nitrogen and oxygen atoms in total. The standard InChI is InChI=1S/C20H24O13S3/c1-29-15-7-3-5-12(18(15)21)9-13(11-36(26,27)28)31-17-10-16-14(6-4-8-35(23,24)25)19(20(17)30-2)33-34(22)32-16/h3,5,7,10,13,21H,4,6,8-9,11H2,1-2H3,(H,23,24,25)(H,26,27,28). The van der Waals surface area contributed by atoms with E-state index in [1.54, 1.807) is 6.07 Å². The molecule has 0 spiro atoms. The molecule has 2 bridgehead atoms. The molecule has 1 heterocycles. The van der Waals surface area contributed by atoms with Crippen LogP contribution in [0.5, 0.6) is 34.5 Å². The molecule has 0 saturated carbocycles. The molecule has 1 aliphatic heterocycles. The number of hydrogen-bond donors (Lipinski definition) is 3. The Morgan fingerprint density at radius 3 is 2.36 bits per heavy atom. The molecule has 2 aromatic carbocycles. The summed E-state index contributed by atoms with van der Waals surface area (Å²) in [6.45, 7) is 0. The minimum Gasteiger partial charge on any atom is -0.504 e. The Hall–Kier alpha value is -2.79. The third-order valence-corrected chi connectivity index (χ3v) is 7.26. The first-order chi connectivity index (χ1) is 16.8. The van der Waals surface area contributed by atoms with Crippen molar-refractivity contribution in [2.24, 2.45) is 0 Å². The van der Waals surface area contributed by atoms with Gasteiger partial charge in [-0.1, -0.05) is 12.1 Å². The lowest BCUT2D eigenvalue weighted by atomic mass is 10.1. The molecule has 200 valence electrons. The largest absolute Gasteiger partial charge is 0.504 e. The van der Waals surface area contributed by atoms with Crippen LogP contribution in [0, 0.1) is 0 Å². The summed E-state index contributed by atoms with van der Waals surface area (Å²) in [7, 11) is -6.17. The Morgan fingerprint density at radius 2 is 1.75 bits per heavy atom. The molecule has 36 heavy (non-hydrogen) atoms. The van der Waals surface area contributed by atoms with E-state index in [9.17, 15) is 30.7 Å². The minimum atomic E-state index is -4.54. The van der Waals surface area contributed by atoms with Crippen molar-refractivity contribution in [1.82, 2.24) is 0 Å². The highest BCUT2D eigenvalue weighted by Gasteiger charge is 2.32. The van der Waals surface area contributed by atoms with Crippen molar-refractivity contribution in [3.63, 3.8) is 0 Å². The lowest BCUT2D eigenvalue weighted by Gasteiger charge is -2.26. The Bertz CT molecular complexity index is 1350. The number of methoxy groups -OCH3 is 2. The molecule has 2 aromatic rings. The van der Waals surface area contributed by atoms with Crippen LogP contribution in [0.2, 0.25) is 0 Å². The molecule has 0 radical (unpaired) electrons. The topological polar surface area (TPSA) is 192 Å². The van der Waals surface area contributed by atoms with Crippen molar-refractivity contribution < 1.29 is 57.8 Å². The molecule has 2 atom stereocenters. The normalized spacial score (nSPS) is 15.9. The summed E-state index contributed by atoms with van der Waals surface area (Å²) in [6, 6.07) is 5.85. The second kappa shape index (κ2) is 11.1. The van der Waals surface area contributed by atoms with Crippen molar-refractivity contribution in [3.8, 4) is 34.5 Å². The number of aromatic hydroxyl groups is 1. The van der Waals surface area contributed by atoms with Gasteiger partial charge >= 0.3 is 11.4 Å². The predicted molar refractivity (Wildman–Crippen MR) is 126 cm³/mol. The zero-order valence-corrected chi connectivity index (χ0v) is 21.5. The van der Waals surface area contributed by atoms with Crippen molar-refractivity contribution in [2.45, 2.75) is 25.4 Å². The maximum Gasteiger partial charge on any atom is 0.417 e. The first kappa shape index (κ1) is 27.8. The summed E-state index contributed by atoms with van der Waals surface area (Å²) < 4.78 is 103. The van der Waals surface area contributed by atoms with E-state index >= 15 is 0 Å². The van der Waals surface area contributed by atoms with Gasteiger partial charge < -0.3 is 27.7 Å². The van der Waals surface area contributed by atoms with Crippen LogP contribution in [0.3, 0.4) is 0 Å². The fourth-order valence-corrected chi connectivity index (χ4v) is 5.40. The number of benzene rings is 2. The van der Waals surface area contributed by atoms with Crippen LogP contribution in [-0.4, -0.2) is 67.1 Å². The highest BCUT2D eigenvalue weighted by Crippen LogP contribution is 2.49. The second-order valence-corrected chi connectivity index (χ2v) is 11.4. The SMILES string of the molecule is COc1cccc(CC(CS(=O)(=O)O)Oc2cc3c(CCCS(=O)(=O)O)c(c2OC)OS(=O)O3)c1O. The monoisotopic (exact) mass is 568 g/mol. The highest BCUT2D eigenvalue weighted by molar-refractivity contribution is 7.86. The van der Waals surface area contributed by atoms with Crippen LogP contribution < -0.4 is 22.6 Å². The van der Waals surface area contributed by atoms with Gasteiger partial charge in [0.15, 0.2) is 28.7 Å². The van der Waals surface area contributed by atoms with E-state index in [0.717, 1.165) is 0 Å².